The number of carbonyl (C=O) groups is 1. The highest BCUT2D eigenvalue weighted by Crippen LogP contribution is 2.23. The van der Waals surface area contributed by atoms with Crippen LogP contribution < -0.4 is 10.6 Å². The summed E-state index contributed by atoms with van der Waals surface area (Å²) in [6.07, 6.45) is 1.89. The number of rotatable bonds is 5. The first-order chi connectivity index (χ1) is 11.5. The molecule has 0 radical (unpaired) electrons. The average Bonchev–Trinajstić information content (AvgIpc) is 2.92. The van der Waals surface area contributed by atoms with Crippen LogP contribution >= 0.6 is 11.3 Å². The van der Waals surface area contributed by atoms with Gasteiger partial charge in [-0.1, -0.05) is 38.1 Å². The van der Waals surface area contributed by atoms with Crippen LogP contribution in [0.3, 0.4) is 0 Å². The topological polar surface area (TPSA) is 54.0 Å². The van der Waals surface area contributed by atoms with Crippen molar-refractivity contribution >= 4 is 17.2 Å². The Bertz CT molecular complexity index is 723. The summed E-state index contributed by atoms with van der Waals surface area (Å²) in [5.41, 5.74) is 3.61. The van der Waals surface area contributed by atoms with Crippen molar-refractivity contribution in [1.29, 1.82) is 0 Å². The van der Waals surface area contributed by atoms with Gasteiger partial charge in [0.2, 0.25) is 0 Å². The second kappa shape index (κ2) is 7.45. The predicted molar refractivity (Wildman–Crippen MR) is 98.6 cm³/mol. The molecular formula is C19H25N3OS. The molecule has 1 aromatic carbocycles. The molecule has 0 bridgehead atoms. The molecule has 2 heterocycles. The third-order valence-electron chi connectivity index (χ3n) is 4.29. The zero-order valence-corrected chi connectivity index (χ0v) is 15.4. The minimum atomic E-state index is 0.00102. The van der Waals surface area contributed by atoms with Crippen molar-refractivity contribution in [3.8, 4) is 0 Å². The molecular weight excluding hydrogens is 318 g/mol. The molecule has 0 saturated carbocycles. The van der Waals surface area contributed by atoms with E-state index in [-0.39, 0.29) is 11.9 Å². The van der Waals surface area contributed by atoms with Crippen molar-refractivity contribution < 1.29 is 4.79 Å². The van der Waals surface area contributed by atoms with Gasteiger partial charge in [0.15, 0.2) is 0 Å². The number of carbonyl (C=O) groups excluding carboxylic acids is 1. The number of nitrogens with zero attached hydrogens (tertiary/aromatic N) is 1. The van der Waals surface area contributed by atoms with Gasteiger partial charge < -0.3 is 10.6 Å². The minimum Gasteiger partial charge on any atom is -0.349 e. The van der Waals surface area contributed by atoms with Gasteiger partial charge in [-0.3, -0.25) is 4.79 Å². The smallest absolute Gasteiger partial charge is 0.263 e. The van der Waals surface area contributed by atoms with Crippen molar-refractivity contribution in [2.75, 3.05) is 13.1 Å². The summed E-state index contributed by atoms with van der Waals surface area (Å²) in [7, 11) is 0. The van der Waals surface area contributed by atoms with E-state index in [0.29, 0.717) is 12.5 Å². The van der Waals surface area contributed by atoms with Crippen LogP contribution in [-0.4, -0.2) is 24.0 Å². The van der Waals surface area contributed by atoms with E-state index in [1.54, 1.807) is 0 Å². The van der Waals surface area contributed by atoms with Crippen LogP contribution in [-0.2, 0) is 12.8 Å². The lowest BCUT2D eigenvalue weighted by molar-refractivity contribution is 0.0952. The van der Waals surface area contributed by atoms with Crippen LogP contribution in [0.2, 0.25) is 0 Å². The van der Waals surface area contributed by atoms with E-state index < -0.39 is 0 Å². The molecule has 2 aromatic rings. The Morgan fingerprint density at radius 3 is 3.00 bits per heavy atom. The van der Waals surface area contributed by atoms with E-state index in [2.05, 4.69) is 53.7 Å². The number of nitrogens with one attached hydrogen (secondary N) is 2. The lowest BCUT2D eigenvalue weighted by atomic mass is 9.94. The summed E-state index contributed by atoms with van der Waals surface area (Å²) in [6.45, 7) is 7.83. The molecule has 0 fully saturated rings. The van der Waals surface area contributed by atoms with Crippen LogP contribution in [0.5, 0.6) is 0 Å². The second-order valence-corrected chi connectivity index (χ2v) is 7.98. The van der Waals surface area contributed by atoms with Gasteiger partial charge in [-0.05, 0) is 43.4 Å². The summed E-state index contributed by atoms with van der Waals surface area (Å²) in [4.78, 5) is 18.0. The van der Waals surface area contributed by atoms with Crippen LogP contribution in [0.15, 0.2) is 24.3 Å². The van der Waals surface area contributed by atoms with Crippen LogP contribution in [0.4, 0.5) is 0 Å². The fourth-order valence-corrected chi connectivity index (χ4v) is 4.09. The molecule has 128 valence electrons. The fraction of sp³-hybridized carbons (Fsp3) is 0.474. The van der Waals surface area contributed by atoms with Gasteiger partial charge >= 0.3 is 0 Å². The maximum atomic E-state index is 12.6. The predicted octanol–water partition coefficient (Wildman–Crippen LogP) is 3.27. The van der Waals surface area contributed by atoms with Crippen molar-refractivity contribution in [3.05, 3.63) is 51.0 Å². The van der Waals surface area contributed by atoms with Gasteiger partial charge in [0.25, 0.3) is 5.91 Å². The third kappa shape index (κ3) is 3.84. The maximum Gasteiger partial charge on any atom is 0.263 e. The van der Waals surface area contributed by atoms with Crippen molar-refractivity contribution in [3.63, 3.8) is 0 Å². The van der Waals surface area contributed by atoms with Crippen LogP contribution in [0.25, 0.3) is 0 Å². The molecule has 2 N–H and O–H groups in total. The van der Waals surface area contributed by atoms with Gasteiger partial charge in [-0.2, -0.15) is 0 Å². The van der Waals surface area contributed by atoms with Crippen molar-refractivity contribution in [2.45, 2.75) is 39.7 Å². The summed E-state index contributed by atoms with van der Waals surface area (Å²) in [6, 6.07) is 8.66. The summed E-state index contributed by atoms with van der Waals surface area (Å²) < 4.78 is 0. The van der Waals surface area contributed by atoms with E-state index in [4.69, 9.17) is 0 Å². The van der Waals surface area contributed by atoms with Crippen molar-refractivity contribution in [1.82, 2.24) is 15.6 Å². The summed E-state index contributed by atoms with van der Waals surface area (Å²) in [5.74, 6) is 0.492. The number of aromatic nitrogens is 1. The number of fused-ring (bicyclic) bond motifs is 1. The number of benzene rings is 1. The Balaban J connectivity index is 1.69. The molecule has 3 rings (SSSR count). The monoisotopic (exact) mass is 343 g/mol. The molecule has 4 nitrogen and oxygen atoms in total. The lowest BCUT2D eigenvalue weighted by Crippen LogP contribution is -2.38. The average molecular weight is 343 g/mol. The molecule has 0 saturated heterocycles. The van der Waals surface area contributed by atoms with Crippen LogP contribution in [0.1, 0.15) is 51.4 Å². The highest BCUT2D eigenvalue weighted by molar-refractivity contribution is 7.13. The standard InChI is InChI=1S/C19H25N3OS/c1-12(2)10-16-18(24-13(3)22-16)19(23)21-11-17-15-7-5-4-6-14(15)8-9-20-17/h4-7,12,17,20H,8-11H2,1-3H3,(H,21,23). The molecule has 1 aromatic heterocycles. The van der Waals surface area contributed by atoms with Gasteiger partial charge in [0.1, 0.15) is 4.88 Å². The van der Waals surface area contributed by atoms with Crippen LogP contribution in [0, 0.1) is 12.8 Å². The largest absolute Gasteiger partial charge is 0.349 e. The SMILES string of the molecule is Cc1nc(CC(C)C)c(C(=O)NCC2NCCc3ccccc32)s1. The molecule has 0 spiro atoms. The normalized spacial score (nSPS) is 16.9. The first-order valence-electron chi connectivity index (χ1n) is 8.60. The molecule has 1 aliphatic heterocycles. The van der Waals surface area contributed by atoms with E-state index >= 15 is 0 Å². The molecule has 0 aliphatic carbocycles. The summed E-state index contributed by atoms with van der Waals surface area (Å²) in [5, 5.41) is 7.57. The fourth-order valence-electron chi connectivity index (χ4n) is 3.22. The Labute approximate surface area is 147 Å². The van der Waals surface area contributed by atoms with E-state index in [1.165, 1.54) is 22.5 Å². The second-order valence-electron chi connectivity index (χ2n) is 6.77. The Kier molecular flexibility index (Phi) is 5.31. The number of hydrogen-bond donors (Lipinski definition) is 2. The third-order valence-corrected chi connectivity index (χ3v) is 5.31. The van der Waals surface area contributed by atoms with Gasteiger partial charge in [0.05, 0.1) is 10.7 Å². The zero-order chi connectivity index (χ0) is 17.1. The number of hydrogen-bond acceptors (Lipinski definition) is 4. The highest BCUT2D eigenvalue weighted by Gasteiger charge is 2.22. The lowest BCUT2D eigenvalue weighted by Gasteiger charge is -2.27. The Morgan fingerprint density at radius 2 is 2.21 bits per heavy atom. The molecule has 24 heavy (non-hydrogen) atoms. The molecule has 1 atom stereocenters. The first-order valence-corrected chi connectivity index (χ1v) is 9.42. The Hall–Kier alpha value is -1.72. The van der Waals surface area contributed by atoms with Crippen molar-refractivity contribution in [2.24, 2.45) is 5.92 Å². The molecule has 1 amide bonds. The quantitative estimate of drug-likeness (QED) is 0.876. The molecule has 5 heteroatoms. The first kappa shape index (κ1) is 17.1. The van der Waals surface area contributed by atoms with Gasteiger partial charge in [0, 0.05) is 12.6 Å². The minimum absolute atomic E-state index is 0.00102. The number of aryl methyl sites for hydroxylation is 1. The maximum absolute atomic E-state index is 12.6. The highest BCUT2D eigenvalue weighted by atomic mass is 32.1. The Morgan fingerprint density at radius 1 is 1.42 bits per heavy atom. The van der Waals surface area contributed by atoms with Gasteiger partial charge in [-0.25, -0.2) is 4.98 Å². The summed E-state index contributed by atoms with van der Waals surface area (Å²) >= 11 is 1.49. The number of amides is 1. The molecule has 1 unspecified atom stereocenters. The van der Waals surface area contributed by atoms with E-state index in [0.717, 1.165) is 35.0 Å². The molecule has 1 aliphatic rings. The van der Waals surface area contributed by atoms with E-state index in [9.17, 15) is 4.79 Å². The number of thiazole rings is 1. The van der Waals surface area contributed by atoms with Gasteiger partial charge in [-0.15, -0.1) is 11.3 Å². The van der Waals surface area contributed by atoms with E-state index in [1.807, 2.05) is 6.92 Å². The zero-order valence-electron chi connectivity index (χ0n) is 14.6.